The molecule has 0 aliphatic carbocycles. The number of nitrogens with zero attached hydrogens (tertiary/aromatic N) is 1. The lowest BCUT2D eigenvalue weighted by Gasteiger charge is -2.11. The van der Waals surface area contributed by atoms with E-state index in [4.69, 9.17) is 4.84 Å². The Morgan fingerprint density at radius 1 is 1.00 bits per heavy atom. The van der Waals surface area contributed by atoms with Crippen molar-refractivity contribution >= 4 is 34.6 Å². The van der Waals surface area contributed by atoms with E-state index < -0.39 is 5.91 Å². The zero-order valence-electron chi connectivity index (χ0n) is 15.9. The van der Waals surface area contributed by atoms with E-state index in [1.165, 1.54) is 0 Å². The van der Waals surface area contributed by atoms with E-state index in [1.807, 2.05) is 54.8 Å². The first kappa shape index (κ1) is 20.3. The van der Waals surface area contributed by atoms with Gasteiger partial charge in [-0.05, 0) is 36.1 Å². The predicted molar refractivity (Wildman–Crippen MR) is 115 cm³/mol. The Hall–Kier alpha value is -3.45. The minimum absolute atomic E-state index is 0.247. The maximum absolute atomic E-state index is 12.5. The minimum atomic E-state index is -0.393. The maximum Gasteiger partial charge on any atom is 0.265 e. The SMILES string of the molecule is CC(=NOCC(=O)Nc1ccccc1C(=O)NCc1ccccc1)c1cccs1. The smallest absolute Gasteiger partial charge is 0.265 e. The summed E-state index contributed by atoms with van der Waals surface area (Å²) in [5.74, 6) is -0.659. The highest BCUT2D eigenvalue weighted by atomic mass is 32.1. The number of hydrogen-bond donors (Lipinski definition) is 2. The fourth-order valence-electron chi connectivity index (χ4n) is 2.57. The normalized spacial score (nSPS) is 11.0. The molecule has 0 radical (unpaired) electrons. The summed E-state index contributed by atoms with van der Waals surface area (Å²) < 4.78 is 0. The first-order valence-electron chi connectivity index (χ1n) is 9.05. The number of oxime groups is 1. The van der Waals surface area contributed by atoms with Gasteiger partial charge in [-0.25, -0.2) is 0 Å². The number of carbonyl (C=O) groups is 2. The van der Waals surface area contributed by atoms with Crippen molar-refractivity contribution in [3.63, 3.8) is 0 Å². The summed E-state index contributed by atoms with van der Waals surface area (Å²) in [5, 5.41) is 11.5. The molecule has 148 valence electrons. The molecule has 0 unspecified atom stereocenters. The number of anilines is 1. The van der Waals surface area contributed by atoms with E-state index >= 15 is 0 Å². The zero-order valence-corrected chi connectivity index (χ0v) is 16.7. The van der Waals surface area contributed by atoms with Gasteiger partial charge in [-0.3, -0.25) is 9.59 Å². The molecule has 2 N–H and O–H groups in total. The summed E-state index contributed by atoms with van der Waals surface area (Å²) >= 11 is 1.54. The van der Waals surface area contributed by atoms with Gasteiger partial charge in [0.1, 0.15) is 0 Å². The van der Waals surface area contributed by atoms with E-state index in [1.54, 1.807) is 35.6 Å². The molecule has 1 aromatic heterocycles. The van der Waals surface area contributed by atoms with E-state index in [9.17, 15) is 9.59 Å². The van der Waals surface area contributed by atoms with Crippen LogP contribution in [-0.4, -0.2) is 24.1 Å². The summed E-state index contributed by atoms with van der Waals surface area (Å²) in [6.07, 6.45) is 0. The largest absolute Gasteiger partial charge is 0.385 e. The Balaban J connectivity index is 1.56. The Morgan fingerprint density at radius 3 is 2.52 bits per heavy atom. The van der Waals surface area contributed by atoms with Gasteiger partial charge in [0, 0.05) is 6.54 Å². The van der Waals surface area contributed by atoms with Gasteiger partial charge < -0.3 is 15.5 Å². The molecule has 6 nitrogen and oxygen atoms in total. The number of amides is 2. The molecule has 2 amide bonds. The molecule has 2 aromatic carbocycles. The lowest BCUT2D eigenvalue weighted by molar-refractivity contribution is -0.120. The number of benzene rings is 2. The van der Waals surface area contributed by atoms with E-state index in [2.05, 4.69) is 15.8 Å². The fraction of sp³-hybridized carbons (Fsp3) is 0.136. The third-order valence-corrected chi connectivity index (χ3v) is 5.00. The van der Waals surface area contributed by atoms with E-state index in [-0.39, 0.29) is 12.5 Å². The monoisotopic (exact) mass is 407 g/mol. The molecule has 0 aliphatic rings. The molecule has 0 spiro atoms. The summed E-state index contributed by atoms with van der Waals surface area (Å²) in [4.78, 5) is 30.9. The standard InChI is InChI=1S/C22H21N3O3S/c1-16(20-12-7-13-29-20)25-28-15-21(26)24-19-11-6-5-10-18(19)22(27)23-14-17-8-3-2-4-9-17/h2-13H,14-15H2,1H3,(H,23,27)(H,24,26). The van der Waals surface area contributed by atoms with Crippen LogP contribution >= 0.6 is 11.3 Å². The zero-order chi connectivity index (χ0) is 20.5. The first-order chi connectivity index (χ1) is 14.1. The predicted octanol–water partition coefficient (Wildman–Crippen LogP) is 4.06. The Labute approximate surface area is 173 Å². The number of nitrogens with one attached hydrogen (secondary N) is 2. The van der Waals surface area contributed by atoms with Crippen molar-refractivity contribution in [2.75, 3.05) is 11.9 Å². The number of hydrogen-bond acceptors (Lipinski definition) is 5. The lowest BCUT2D eigenvalue weighted by Crippen LogP contribution is -2.25. The Bertz CT molecular complexity index is 986. The number of thiophene rings is 1. The van der Waals surface area contributed by atoms with E-state index in [0.717, 1.165) is 10.4 Å². The van der Waals surface area contributed by atoms with Gasteiger partial charge >= 0.3 is 0 Å². The van der Waals surface area contributed by atoms with Crippen LogP contribution in [0, 0.1) is 0 Å². The second kappa shape index (κ2) is 10.2. The van der Waals surface area contributed by atoms with Gasteiger partial charge in [-0.15, -0.1) is 11.3 Å². The lowest BCUT2D eigenvalue weighted by atomic mass is 10.1. The maximum atomic E-state index is 12.5. The van der Waals surface area contributed by atoms with Crippen LogP contribution in [0.1, 0.15) is 27.7 Å². The van der Waals surface area contributed by atoms with Crippen LogP contribution < -0.4 is 10.6 Å². The van der Waals surface area contributed by atoms with E-state index in [0.29, 0.717) is 23.5 Å². The second-order valence-electron chi connectivity index (χ2n) is 6.19. The Kier molecular flexibility index (Phi) is 7.13. The van der Waals surface area contributed by atoms with Crippen LogP contribution in [0.5, 0.6) is 0 Å². The average Bonchev–Trinajstić information content (AvgIpc) is 3.28. The summed E-state index contributed by atoms with van der Waals surface area (Å²) in [5.41, 5.74) is 2.50. The van der Waals surface area contributed by atoms with Crippen molar-refractivity contribution in [1.82, 2.24) is 5.32 Å². The highest BCUT2D eigenvalue weighted by molar-refractivity contribution is 7.12. The summed E-state index contributed by atoms with van der Waals surface area (Å²) in [6, 6.07) is 20.3. The molecule has 0 fully saturated rings. The second-order valence-corrected chi connectivity index (χ2v) is 7.14. The molecule has 0 saturated carbocycles. The summed E-state index contributed by atoms with van der Waals surface area (Å²) in [6.45, 7) is 1.97. The topological polar surface area (TPSA) is 79.8 Å². The van der Waals surface area contributed by atoms with Crippen LogP contribution in [0.25, 0.3) is 0 Å². The number of rotatable bonds is 8. The molecule has 1 heterocycles. The molecule has 29 heavy (non-hydrogen) atoms. The van der Waals surface area contributed by atoms with Crippen molar-refractivity contribution in [1.29, 1.82) is 0 Å². The van der Waals surface area contributed by atoms with Crippen LogP contribution in [-0.2, 0) is 16.2 Å². The highest BCUT2D eigenvalue weighted by Gasteiger charge is 2.13. The van der Waals surface area contributed by atoms with Crippen molar-refractivity contribution < 1.29 is 14.4 Å². The van der Waals surface area contributed by atoms with Crippen molar-refractivity contribution in [3.05, 3.63) is 88.1 Å². The molecule has 7 heteroatoms. The van der Waals surface area contributed by atoms with Crippen molar-refractivity contribution in [2.24, 2.45) is 5.16 Å². The summed E-state index contributed by atoms with van der Waals surface area (Å²) in [7, 11) is 0. The van der Waals surface area contributed by atoms with Crippen molar-refractivity contribution in [3.8, 4) is 0 Å². The number of carbonyl (C=O) groups excluding carboxylic acids is 2. The quantitative estimate of drug-likeness (QED) is 0.437. The average molecular weight is 407 g/mol. The fourth-order valence-corrected chi connectivity index (χ4v) is 3.24. The van der Waals surface area contributed by atoms with Crippen LogP contribution in [0.2, 0.25) is 0 Å². The van der Waals surface area contributed by atoms with Crippen LogP contribution in [0.3, 0.4) is 0 Å². The molecule has 0 atom stereocenters. The molecule has 0 saturated heterocycles. The van der Waals surface area contributed by atoms with Gasteiger partial charge in [0.25, 0.3) is 11.8 Å². The third-order valence-electron chi connectivity index (χ3n) is 4.02. The molecule has 0 bridgehead atoms. The number of para-hydroxylation sites is 1. The molecular weight excluding hydrogens is 386 g/mol. The third kappa shape index (κ3) is 6.02. The van der Waals surface area contributed by atoms with Gasteiger partial charge in [-0.1, -0.05) is 53.7 Å². The van der Waals surface area contributed by atoms with Gasteiger partial charge in [0.05, 0.1) is 21.8 Å². The Morgan fingerprint density at radius 2 is 1.76 bits per heavy atom. The molecule has 0 aliphatic heterocycles. The van der Waals surface area contributed by atoms with Gasteiger partial charge in [-0.2, -0.15) is 0 Å². The molecule has 3 rings (SSSR count). The highest BCUT2D eigenvalue weighted by Crippen LogP contribution is 2.15. The van der Waals surface area contributed by atoms with Crippen molar-refractivity contribution in [2.45, 2.75) is 13.5 Å². The van der Waals surface area contributed by atoms with Gasteiger partial charge in [0.15, 0.2) is 6.61 Å². The minimum Gasteiger partial charge on any atom is -0.385 e. The molecule has 3 aromatic rings. The first-order valence-corrected chi connectivity index (χ1v) is 9.93. The van der Waals surface area contributed by atoms with Crippen LogP contribution in [0.15, 0.2) is 77.3 Å². The molecular formula is C22H21N3O3S. The van der Waals surface area contributed by atoms with Crippen LogP contribution in [0.4, 0.5) is 5.69 Å². The van der Waals surface area contributed by atoms with Gasteiger partial charge in [0.2, 0.25) is 0 Å².